The van der Waals surface area contributed by atoms with Crippen molar-refractivity contribution in [3.8, 4) is 5.88 Å². The Hall–Kier alpha value is -2.35. The maximum absolute atomic E-state index is 11.4. The summed E-state index contributed by atoms with van der Waals surface area (Å²) in [6.45, 7) is 0.721. The molecular weight excluding hydrogens is 316 g/mol. The topological polar surface area (TPSA) is 110 Å². The molecule has 0 bridgehead atoms. The Balaban J connectivity index is 1.59. The van der Waals surface area contributed by atoms with Crippen molar-refractivity contribution in [1.82, 2.24) is 9.97 Å². The van der Waals surface area contributed by atoms with E-state index in [0.29, 0.717) is 10.7 Å². The molecule has 0 amide bonds. The first-order valence-corrected chi connectivity index (χ1v) is 8.17. The number of nitrogens with zero attached hydrogens (tertiary/aromatic N) is 2. The van der Waals surface area contributed by atoms with E-state index in [-0.39, 0.29) is 23.7 Å². The van der Waals surface area contributed by atoms with E-state index in [1.54, 1.807) is 6.07 Å². The molecule has 3 heterocycles. The molecule has 0 radical (unpaired) electrons. The number of aromatic hydroxyl groups is 1. The Morgan fingerprint density at radius 1 is 1.52 bits per heavy atom. The number of nitrogens with two attached hydrogens (primary N) is 1. The second-order valence-electron chi connectivity index (χ2n) is 5.40. The number of esters is 1. The van der Waals surface area contributed by atoms with Crippen molar-refractivity contribution in [2.75, 3.05) is 24.7 Å². The molecule has 1 unspecified atom stereocenters. The highest BCUT2D eigenvalue weighted by atomic mass is 32.1. The van der Waals surface area contributed by atoms with Crippen LogP contribution in [0.15, 0.2) is 12.1 Å². The van der Waals surface area contributed by atoms with Crippen LogP contribution in [0.3, 0.4) is 0 Å². The smallest absolute Gasteiger partial charge is 0.348 e. The van der Waals surface area contributed by atoms with Gasteiger partial charge >= 0.3 is 5.97 Å². The van der Waals surface area contributed by atoms with Gasteiger partial charge in [-0.1, -0.05) is 0 Å². The maximum Gasteiger partial charge on any atom is 0.348 e. The van der Waals surface area contributed by atoms with Crippen molar-refractivity contribution in [1.29, 1.82) is 0 Å². The number of rotatable bonds is 5. The van der Waals surface area contributed by atoms with Crippen molar-refractivity contribution in [3.05, 3.63) is 27.5 Å². The summed E-state index contributed by atoms with van der Waals surface area (Å²) >= 11 is 1.46. The standard InChI is InChI=1S/C15H18N4O3S/c1-22-14(21)10-6-5-9(23-10)4-2-3-8-7-17-12-11(8)13(20)19-15(16)18-12/h5-6,8H,2-4,7H2,1H3,(H4,16,17,18,19,20). The highest BCUT2D eigenvalue weighted by Crippen LogP contribution is 2.38. The number of fused-ring (bicyclic) bond motifs is 1. The van der Waals surface area contributed by atoms with Gasteiger partial charge in [0.05, 0.1) is 12.7 Å². The molecule has 2 aromatic heterocycles. The second-order valence-corrected chi connectivity index (χ2v) is 6.56. The van der Waals surface area contributed by atoms with E-state index in [0.717, 1.165) is 36.2 Å². The minimum absolute atomic E-state index is 0.0356. The van der Waals surface area contributed by atoms with Crippen LogP contribution < -0.4 is 11.1 Å². The van der Waals surface area contributed by atoms with Crippen molar-refractivity contribution >= 4 is 29.1 Å². The number of nitrogen functional groups attached to an aromatic ring is 1. The molecule has 4 N–H and O–H groups in total. The van der Waals surface area contributed by atoms with Gasteiger partial charge in [-0.25, -0.2) is 4.79 Å². The van der Waals surface area contributed by atoms with E-state index >= 15 is 0 Å². The molecule has 0 saturated carbocycles. The molecule has 0 aromatic carbocycles. The lowest BCUT2D eigenvalue weighted by Gasteiger charge is -2.10. The molecule has 0 spiro atoms. The van der Waals surface area contributed by atoms with Crippen LogP contribution in [0.5, 0.6) is 5.88 Å². The zero-order chi connectivity index (χ0) is 16.4. The summed E-state index contributed by atoms with van der Waals surface area (Å²) in [4.78, 5) is 21.1. The molecule has 0 saturated heterocycles. The van der Waals surface area contributed by atoms with E-state index in [9.17, 15) is 9.90 Å². The molecule has 8 heteroatoms. The van der Waals surface area contributed by atoms with Crippen molar-refractivity contribution < 1.29 is 14.6 Å². The van der Waals surface area contributed by atoms with Gasteiger partial charge in [0.2, 0.25) is 11.8 Å². The third-order valence-electron chi connectivity index (χ3n) is 3.89. The van der Waals surface area contributed by atoms with Gasteiger partial charge in [-0.15, -0.1) is 11.3 Å². The van der Waals surface area contributed by atoms with Crippen LogP contribution in [0.4, 0.5) is 11.8 Å². The maximum atomic E-state index is 11.4. The largest absolute Gasteiger partial charge is 0.493 e. The summed E-state index contributed by atoms with van der Waals surface area (Å²) in [5.41, 5.74) is 6.28. The molecule has 23 heavy (non-hydrogen) atoms. The average molecular weight is 334 g/mol. The van der Waals surface area contributed by atoms with Gasteiger partial charge in [-0.3, -0.25) is 0 Å². The fourth-order valence-corrected chi connectivity index (χ4v) is 3.77. The quantitative estimate of drug-likeness (QED) is 0.718. The summed E-state index contributed by atoms with van der Waals surface area (Å²) in [6, 6.07) is 3.75. The van der Waals surface area contributed by atoms with Crippen LogP contribution >= 0.6 is 11.3 Å². The summed E-state index contributed by atoms with van der Waals surface area (Å²) < 4.78 is 4.71. The summed E-state index contributed by atoms with van der Waals surface area (Å²) in [5.74, 6) is 0.541. The van der Waals surface area contributed by atoms with E-state index in [1.165, 1.54) is 18.4 Å². The number of methoxy groups -OCH3 is 1. The highest BCUT2D eigenvalue weighted by Gasteiger charge is 2.28. The number of hydrogen-bond donors (Lipinski definition) is 3. The Morgan fingerprint density at radius 2 is 2.35 bits per heavy atom. The molecule has 1 atom stereocenters. The SMILES string of the molecule is COC(=O)c1ccc(CCCC2CNc3nc(N)nc(O)c32)s1. The first kappa shape index (κ1) is 15.5. The first-order valence-electron chi connectivity index (χ1n) is 7.35. The zero-order valence-electron chi connectivity index (χ0n) is 12.7. The van der Waals surface area contributed by atoms with Gasteiger partial charge in [0.15, 0.2) is 0 Å². The van der Waals surface area contributed by atoms with Crippen LogP contribution in [0.25, 0.3) is 0 Å². The Kier molecular flexibility index (Phi) is 4.33. The van der Waals surface area contributed by atoms with E-state index < -0.39 is 0 Å². The number of carbonyl (C=O) groups is 1. The highest BCUT2D eigenvalue weighted by molar-refractivity contribution is 7.13. The monoisotopic (exact) mass is 334 g/mol. The van der Waals surface area contributed by atoms with E-state index in [1.807, 2.05) is 6.07 Å². The van der Waals surface area contributed by atoms with Crippen LogP contribution in [0.1, 0.15) is 38.9 Å². The number of nitrogens with one attached hydrogen (secondary N) is 1. The van der Waals surface area contributed by atoms with Crippen LogP contribution in [0.2, 0.25) is 0 Å². The molecule has 0 fully saturated rings. The average Bonchev–Trinajstić information content (AvgIpc) is 3.14. The lowest BCUT2D eigenvalue weighted by molar-refractivity contribution is 0.0606. The van der Waals surface area contributed by atoms with Crippen molar-refractivity contribution in [2.24, 2.45) is 0 Å². The molecular formula is C15H18N4O3S. The van der Waals surface area contributed by atoms with Crippen LogP contribution in [-0.4, -0.2) is 34.7 Å². The number of ether oxygens (including phenoxy) is 1. The molecule has 2 aromatic rings. The van der Waals surface area contributed by atoms with Crippen LogP contribution in [0, 0.1) is 0 Å². The molecule has 122 valence electrons. The molecule has 7 nitrogen and oxygen atoms in total. The minimum atomic E-state index is -0.296. The number of aromatic nitrogens is 2. The van der Waals surface area contributed by atoms with Crippen molar-refractivity contribution in [3.63, 3.8) is 0 Å². The van der Waals surface area contributed by atoms with Gasteiger partial charge in [0.25, 0.3) is 0 Å². The van der Waals surface area contributed by atoms with Gasteiger partial charge in [-0.2, -0.15) is 9.97 Å². The number of aryl methyl sites for hydroxylation is 1. The molecule has 3 rings (SSSR count). The number of thiophene rings is 1. The van der Waals surface area contributed by atoms with Crippen LogP contribution in [-0.2, 0) is 11.2 Å². The van der Waals surface area contributed by atoms with E-state index in [2.05, 4.69) is 15.3 Å². The third kappa shape index (κ3) is 3.21. The predicted octanol–water partition coefficient (Wildman–Crippen LogP) is 2.14. The van der Waals surface area contributed by atoms with E-state index in [4.69, 9.17) is 10.5 Å². The van der Waals surface area contributed by atoms with Gasteiger partial charge in [0.1, 0.15) is 10.7 Å². The summed E-state index contributed by atoms with van der Waals surface area (Å²) in [6.07, 6.45) is 2.72. The van der Waals surface area contributed by atoms with Crippen molar-refractivity contribution in [2.45, 2.75) is 25.2 Å². The Labute approximate surface area is 137 Å². The first-order chi connectivity index (χ1) is 11.1. The lowest BCUT2D eigenvalue weighted by Crippen LogP contribution is -2.02. The molecule has 1 aliphatic rings. The normalized spacial score (nSPS) is 16.0. The summed E-state index contributed by atoms with van der Waals surface area (Å²) in [7, 11) is 1.38. The Bertz CT molecular complexity index is 732. The zero-order valence-corrected chi connectivity index (χ0v) is 13.5. The number of anilines is 2. The number of carbonyl (C=O) groups excluding carboxylic acids is 1. The molecule has 0 aliphatic carbocycles. The lowest BCUT2D eigenvalue weighted by atomic mass is 9.97. The fourth-order valence-electron chi connectivity index (χ4n) is 2.80. The minimum Gasteiger partial charge on any atom is -0.493 e. The van der Waals surface area contributed by atoms with Gasteiger partial charge in [-0.05, 0) is 31.4 Å². The summed E-state index contributed by atoms with van der Waals surface area (Å²) in [5, 5.41) is 13.1. The second kappa shape index (κ2) is 6.41. The fraction of sp³-hybridized carbons (Fsp3) is 0.400. The third-order valence-corrected chi connectivity index (χ3v) is 5.02. The molecule has 1 aliphatic heterocycles. The Morgan fingerprint density at radius 3 is 3.13 bits per heavy atom. The van der Waals surface area contributed by atoms with Gasteiger partial charge in [0, 0.05) is 17.3 Å². The van der Waals surface area contributed by atoms with Gasteiger partial charge < -0.3 is 20.9 Å². The predicted molar refractivity (Wildman–Crippen MR) is 87.9 cm³/mol. The number of hydrogen-bond acceptors (Lipinski definition) is 8.